The van der Waals surface area contributed by atoms with E-state index in [0.717, 1.165) is 25.3 Å². The highest BCUT2D eigenvalue weighted by Crippen LogP contribution is 2.20. The zero-order chi connectivity index (χ0) is 16.3. The molecule has 0 aromatic carbocycles. The van der Waals surface area contributed by atoms with Crippen molar-refractivity contribution in [1.29, 1.82) is 0 Å². The molecule has 0 spiro atoms. The summed E-state index contributed by atoms with van der Waals surface area (Å²) in [6.45, 7) is 11.0. The van der Waals surface area contributed by atoms with Gasteiger partial charge in [-0.25, -0.2) is 0 Å². The number of halogens is 1. The van der Waals surface area contributed by atoms with Crippen LogP contribution in [0.2, 0.25) is 0 Å². The van der Waals surface area contributed by atoms with Gasteiger partial charge in [-0.2, -0.15) is 4.98 Å². The van der Waals surface area contributed by atoms with Gasteiger partial charge in [-0.05, 0) is 12.8 Å². The van der Waals surface area contributed by atoms with Gasteiger partial charge in [0.15, 0.2) is 5.82 Å². The molecule has 1 amide bonds. The predicted molar refractivity (Wildman–Crippen MR) is 90.3 cm³/mol. The Morgan fingerprint density at radius 2 is 1.87 bits per heavy atom. The summed E-state index contributed by atoms with van der Waals surface area (Å²) in [7, 11) is 0. The van der Waals surface area contributed by atoms with Crippen molar-refractivity contribution in [2.24, 2.45) is 11.7 Å². The SMILES string of the molecule is CCc1noc(C(C)N2CCN(C(=O)[C@@H](N)C(C)C)CC2)n1.Cl. The van der Waals surface area contributed by atoms with Crippen molar-refractivity contribution < 1.29 is 9.32 Å². The van der Waals surface area contributed by atoms with E-state index in [-0.39, 0.29) is 30.3 Å². The number of nitrogens with two attached hydrogens (primary N) is 1. The van der Waals surface area contributed by atoms with Crippen molar-refractivity contribution in [2.45, 2.75) is 46.2 Å². The quantitative estimate of drug-likeness (QED) is 0.863. The number of rotatable bonds is 5. The van der Waals surface area contributed by atoms with Crippen LogP contribution in [0.15, 0.2) is 4.52 Å². The van der Waals surface area contributed by atoms with Gasteiger partial charge in [0, 0.05) is 32.6 Å². The van der Waals surface area contributed by atoms with Crippen molar-refractivity contribution in [2.75, 3.05) is 26.2 Å². The summed E-state index contributed by atoms with van der Waals surface area (Å²) in [5.74, 6) is 1.60. The molecule has 2 heterocycles. The molecule has 1 aliphatic rings. The van der Waals surface area contributed by atoms with E-state index in [9.17, 15) is 4.79 Å². The molecule has 1 saturated heterocycles. The molecule has 1 aromatic heterocycles. The third kappa shape index (κ3) is 4.65. The lowest BCUT2D eigenvalue weighted by Crippen LogP contribution is -2.54. The van der Waals surface area contributed by atoms with Crippen LogP contribution in [0.3, 0.4) is 0 Å². The molecule has 0 bridgehead atoms. The highest BCUT2D eigenvalue weighted by atomic mass is 35.5. The smallest absolute Gasteiger partial charge is 0.243 e. The van der Waals surface area contributed by atoms with Crippen LogP contribution in [0, 0.1) is 5.92 Å². The Balaban J connectivity index is 0.00000264. The fourth-order valence-electron chi connectivity index (χ4n) is 2.56. The Bertz CT molecular complexity index is 500. The first-order chi connectivity index (χ1) is 10.4. The summed E-state index contributed by atoms with van der Waals surface area (Å²) in [5, 5.41) is 3.94. The standard InChI is InChI=1S/C15H27N5O2.ClH/c1-5-12-17-14(22-18-12)11(4)19-6-8-20(9-7-19)15(21)13(16)10(2)3;/h10-11,13H,5-9,16H2,1-4H3;1H/t11?,13-;/m0./s1. The van der Waals surface area contributed by atoms with Crippen LogP contribution in [0.4, 0.5) is 0 Å². The van der Waals surface area contributed by atoms with Gasteiger partial charge in [0.2, 0.25) is 11.8 Å². The Morgan fingerprint density at radius 1 is 1.26 bits per heavy atom. The summed E-state index contributed by atoms with van der Waals surface area (Å²) in [5.41, 5.74) is 5.96. The van der Waals surface area contributed by atoms with Crippen molar-refractivity contribution in [3.05, 3.63) is 11.7 Å². The van der Waals surface area contributed by atoms with E-state index < -0.39 is 6.04 Å². The molecule has 1 aliphatic heterocycles. The maximum absolute atomic E-state index is 12.3. The van der Waals surface area contributed by atoms with Crippen LogP contribution < -0.4 is 5.73 Å². The predicted octanol–water partition coefficient (Wildman–Crippen LogP) is 1.24. The number of carbonyl (C=O) groups excluding carboxylic acids is 1. The molecule has 2 N–H and O–H groups in total. The van der Waals surface area contributed by atoms with Gasteiger partial charge < -0.3 is 15.2 Å². The Morgan fingerprint density at radius 3 is 2.35 bits per heavy atom. The molecule has 132 valence electrons. The van der Waals surface area contributed by atoms with Gasteiger partial charge in [0.05, 0.1) is 12.1 Å². The van der Waals surface area contributed by atoms with E-state index in [1.54, 1.807) is 0 Å². The highest BCUT2D eigenvalue weighted by molar-refractivity contribution is 5.85. The average Bonchev–Trinajstić information content (AvgIpc) is 3.01. The number of carbonyl (C=O) groups is 1. The molecule has 0 saturated carbocycles. The van der Waals surface area contributed by atoms with Crippen LogP contribution in [0.1, 0.15) is 45.5 Å². The number of aryl methyl sites for hydroxylation is 1. The minimum atomic E-state index is -0.410. The number of aromatic nitrogens is 2. The van der Waals surface area contributed by atoms with E-state index in [1.807, 2.05) is 25.7 Å². The third-order valence-electron chi connectivity index (χ3n) is 4.33. The minimum Gasteiger partial charge on any atom is -0.339 e. The van der Waals surface area contributed by atoms with Crippen molar-refractivity contribution in [1.82, 2.24) is 19.9 Å². The van der Waals surface area contributed by atoms with Gasteiger partial charge in [-0.3, -0.25) is 9.69 Å². The summed E-state index contributed by atoms with van der Waals surface area (Å²) in [6, 6.07) is -0.337. The van der Waals surface area contributed by atoms with Gasteiger partial charge in [0.25, 0.3) is 0 Å². The molecule has 2 rings (SSSR count). The molecular weight excluding hydrogens is 318 g/mol. The topological polar surface area (TPSA) is 88.5 Å². The zero-order valence-corrected chi connectivity index (χ0v) is 15.2. The fraction of sp³-hybridized carbons (Fsp3) is 0.800. The molecule has 7 nitrogen and oxygen atoms in total. The molecule has 0 aliphatic carbocycles. The first-order valence-corrected chi connectivity index (χ1v) is 8.05. The molecule has 8 heteroatoms. The van der Waals surface area contributed by atoms with E-state index >= 15 is 0 Å². The summed E-state index contributed by atoms with van der Waals surface area (Å²) in [6.07, 6.45) is 0.769. The summed E-state index contributed by atoms with van der Waals surface area (Å²) < 4.78 is 5.31. The van der Waals surface area contributed by atoms with Crippen molar-refractivity contribution in [3.8, 4) is 0 Å². The maximum atomic E-state index is 12.3. The van der Waals surface area contributed by atoms with E-state index in [2.05, 4.69) is 22.0 Å². The van der Waals surface area contributed by atoms with Gasteiger partial charge in [-0.15, -0.1) is 12.4 Å². The fourth-order valence-corrected chi connectivity index (χ4v) is 2.56. The largest absolute Gasteiger partial charge is 0.339 e. The number of hydrogen-bond donors (Lipinski definition) is 1. The van der Waals surface area contributed by atoms with Gasteiger partial charge in [-0.1, -0.05) is 25.9 Å². The zero-order valence-electron chi connectivity index (χ0n) is 14.4. The average molecular weight is 346 g/mol. The van der Waals surface area contributed by atoms with Gasteiger partial charge in [0.1, 0.15) is 0 Å². The summed E-state index contributed by atoms with van der Waals surface area (Å²) >= 11 is 0. The molecule has 1 fully saturated rings. The molecule has 1 unspecified atom stereocenters. The second kappa shape index (κ2) is 8.61. The molecule has 1 aromatic rings. The highest BCUT2D eigenvalue weighted by Gasteiger charge is 2.30. The molecular formula is C15H28ClN5O2. The van der Waals surface area contributed by atoms with Crippen LogP contribution in [0.25, 0.3) is 0 Å². The monoisotopic (exact) mass is 345 g/mol. The first kappa shape index (κ1) is 19.9. The van der Waals surface area contributed by atoms with E-state index in [1.165, 1.54) is 0 Å². The Hall–Kier alpha value is -1.18. The Kier molecular flexibility index (Phi) is 7.44. The number of nitrogens with zero attached hydrogens (tertiary/aromatic N) is 4. The normalized spacial score (nSPS) is 18.6. The minimum absolute atomic E-state index is 0. The second-order valence-corrected chi connectivity index (χ2v) is 6.21. The maximum Gasteiger partial charge on any atom is 0.243 e. The van der Waals surface area contributed by atoms with Gasteiger partial charge >= 0.3 is 0 Å². The lowest BCUT2D eigenvalue weighted by Gasteiger charge is -2.38. The number of amides is 1. The first-order valence-electron chi connectivity index (χ1n) is 8.05. The van der Waals surface area contributed by atoms with E-state index in [4.69, 9.17) is 10.3 Å². The summed E-state index contributed by atoms with van der Waals surface area (Å²) in [4.78, 5) is 20.8. The van der Waals surface area contributed by atoms with Crippen molar-refractivity contribution in [3.63, 3.8) is 0 Å². The molecule has 2 atom stereocenters. The van der Waals surface area contributed by atoms with Crippen LogP contribution in [-0.4, -0.2) is 58.1 Å². The van der Waals surface area contributed by atoms with Crippen molar-refractivity contribution >= 4 is 18.3 Å². The molecule has 23 heavy (non-hydrogen) atoms. The number of hydrogen-bond acceptors (Lipinski definition) is 6. The second-order valence-electron chi connectivity index (χ2n) is 6.21. The number of piperazine rings is 1. The molecule has 0 radical (unpaired) electrons. The van der Waals surface area contributed by atoms with E-state index in [0.29, 0.717) is 19.0 Å². The third-order valence-corrected chi connectivity index (χ3v) is 4.33. The van der Waals surface area contributed by atoms with Crippen LogP contribution in [-0.2, 0) is 11.2 Å². The lowest BCUT2D eigenvalue weighted by atomic mass is 10.0. The lowest BCUT2D eigenvalue weighted by molar-refractivity contribution is -0.135. The van der Waals surface area contributed by atoms with Crippen LogP contribution in [0.5, 0.6) is 0 Å². The van der Waals surface area contributed by atoms with Crippen LogP contribution >= 0.6 is 12.4 Å². The Labute approximate surface area is 144 Å².